The van der Waals surface area contributed by atoms with Crippen molar-refractivity contribution in [3.8, 4) is 0 Å². The number of carboxylic acid groups (broad SMARTS) is 1. The van der Waals surface area contributed by atoms with Crippen molar-refractivity contribution < 1.29 is 32.7 Å². The minimum atomic E-state index is -4.94. The molecule has 1 aliphatic carbocycles. The number of anilines is 1. The molecule has 2 amide bonds. The third kappa shape index (κ3) is 3.25. The fraction of sp³-hybridized carbons (Fsp3) is 0.471. The molecule has 1 saturated carbocycles. The lowest BCUT2D eigenvalue weighted by atomic mass is 9.86. The van der Waals surface area contributed by atoms with E-state index in [-0.39, 0.29) is 23.9 Å². The number of hydrogen-bond acceptors (Lipinski definition) is 3. The van der Waals surface area contributed by atoms with Crippen molar-refractivity contribution >= 4 is 23.5 Å². The van der Waals surface area contributed by atoms with E-state index in [0.717, 1.165) is 17.7 Å². The van der Waals surface area contributed by atoms with Crippen molar-refractivity contribution in [3.63, 3.8) is 0 Å². The monoisotopic (exact) mass is 370 g/mol. The molecule has 1 aromatic carbocycles. The van der Waals surface area contributed by atoms with Gasteiger partial charge in [0.2, 0.25) is 5.91 Å². The van der Waals surface area contributed by atoms with Gasteiger partial charge in [-0.15, -0.1) is 0 Å². The Bertz CT molecular complexity index is 743. The quantitative estimate of drug-likeness (QED) is 0.853. The predicted molar refractivity (Wildman–Crippen MR) is 84.4 cm³/mol. The second-order valence-electron chi connectivity index (χ2n) is 6.70. The number of halogens is 3. The van der Waals surface area contributed by atoms with Crippen molar-refractivity contribution in [2.45, 2.75) is 25.4 Å². The molecule has 1 atom stereocenters. The van der Waals surface area contributed by atoms with Gasteiger partial charge in [0, 0.05) is 30.3 Å². The molecule has 1 aromatic rings. The number of carboxylic acids is 1. The first-order chi connectivity index (χ1) is 12.1. The van der Waals surface area contributed by atoms with E-state index in [2.05, 4.69) is 5.32 Å². The zero-order valence-corrected chi connectivity index (χ0v) is 13.7. The van der Waals surface area contributed by atoms with E-state index in [1.165, 1.54) is 24.3 Å². The van der Waals surface area contributed by atoms with Crippen LogP contribution in [0, 0.1) is 11.3 Å². The summed E-state index contributed by atoms with van der Waals surface area (Å²) in [6, 6.07) is 5.80. The lowest BCUT2D eigenvalue weighted by Gasteiger charge is -2.27. The number of nitrogens with one attached hydrogen (secondary N) is 1. The summed E-state index contributed by atoms with van der Waals surface area (Å²) in [7, 11) is 0. The molecule has 2 N–H and O–H groups in total. The van der Waals surface area contributed by atoms with Gasteiger partial charge in [0.15, 0.2) is 5.41 Å². The summed E-state index contributed by atoms with van der Waals surface area (Å²) in [5.41, 5.74) is -2.30. The molecule has 3 rings (SSSR count). The number of carbonyl (C=O) groups excluding carboxylic acids is 2. The van der Waals surface area contributed by atoms with Gasteiger partial charge in [-0.3, -0.25) is 14.4 Å². The maximum atomic E-state index is 13.2. The summed E-state index contributed by atoms with van der Waals surface area (Å²) in [6.45, 7) is -1.20. The molecule has 2 fully saturated rings. The molecule has 1 aliphatic heterocycles. The van der Waals surface area contributed by atoms with Gasteiger partial charge in [-0.25, -0.2) is 0 Å². The van der Waals surface area contributed by atoms with Crippen molar-refractivity contribution in [3.05, 3.63) is 29.8 Å². The number of nitrogens with zero attached hydrogens (tertiary/aromatic N) is 1. The fourth-order valence-electron chi connectivity index (χ4n) is 2.98. The van der Waals surface area contributed by atoms with Gasteiger partial charge >= 0.3 is 12.1 Å². The first-order valence-corrected chi connectivity index (χ1v) is 8.14. The van der Waals surface area contributed by atoms with Gasteiger partial charge in [-0.1, -0.05) is 0 Å². The van der Waals surface area contributed by atoms with Crippen LogP contribution in [-0.4, -0.2) is 47.1 Å². The number of rotatable bonds is 4. The number of alkyl halides is 3. The predicted octanol–water partition coefficient (Wildman–Crippen LogP) is 2.51. The lowest BCUT2D eigenvalue weighted by Crippen LogP contribution is -2.47. The third-order valence-electron chi connectivity index (χ3n) is 4.86. The maximum Gasteiger partial charge on any atom is 0.406 e. The van der Waals surface area contributed by atoms with E-state index < -0.39 is 36.4 Å². The van der Waals surface area contributed by atoms with E-state index in [0.29, 0.717) is 5.69 Å². The van der Waals surface area contributed by atoms with Crippen molar-refractivity contribution in [2.24, 2.45) is 11.3 Å². The SMILES string of the molecule is O=C(Nc1ccc(C(=O)N2CCC(C(=O)O)(C(F)(F)F)C2)cc1)C1CC1. The summed E-state index contributed by atoms with van der Waals surface area (Å²) in [6.07, 6.45) is -3.91. The topological polar surface area (TPSA) is 86.7 Å². The first kappa shape index (κ1) is 18.2. The van der Waals surface area contributed by atoms with Crippen LogP contribution >= 0.6 is 0 Å². The Kier molecular flexibility index (Phi) is 4.41. The molecule has 0 spiro atoms. The molecule has 1 unspecified atom stereocenters. The highest BCUT2D eigenvalue weighted by atomic mass is 19.4. The number of hydrogen-bond donors (Lipinski definition) is 2. The smallest absolute Gasteiger partial charge is 0.406 e. The van der Waals surface area contributed by atoms with Crippen LogP contribution in [0.5, 0.6) is 0 Å². The van der Waals surface area contributed by atoms with Crippen LogP contribution in [0.15, 0.2) is 24.3 Å². The molecular weight excluding hydrogens is 353 g/mol. The molecule has 1 heterocycles. The minimum absolute atomic E-state index is 0.0208. The highest BCUT2D eigenvalue weighted by Crippen LogP contribution is 2.46. The molecule has 0 radical (unpaired) electrons. The van der Waals surface area contributed by atoms with E-state index in [1.54, 1.807) is 0 Å². The Morgan fingerprint density at radius 1 is 1.15 bits per heavy atom. The van der Waals surface area contributed by atoms with Crippen LogP contribution in [0.2, 0.25) is 0 Å². The molecule has 0 aromatic heterocycles. The summed E-state index contributed by atoms with van der Waals surface area (Å²) in [5, 5.41) is 11.7. The molecule has 140 valence electrons. The summed E-state index contributed by atoms with van der Waals surface area (Å²) < 4.78 is 39.6. The Balaban J connectivity index is 1.69. The highest BCUT2D eigenvalue weighted by Gasteiger charge is 2.64. The van der Waals surface area contributed by atoms with Crippen molar-refractivity contribution in [1.29, 1.82) is 0 Å². The number of aliphatic carboxylic acids is 1. The van der Waals surface area contributed by atoms with Crippen LogP contribution in [0.1, 0.15) is 29.6 Å². The molecule has 9 heteroatoms. The number of benzene rings is 1. The zero-order valence-electron chi connectivity index (χ0n) is 13.7. The number of amides is 2. The molecule has 2 aliphatic rings. The van der Waals surface area contributed by atoms with Gasteiger partial charge in [0.05, 0.1) is 0 Å². The third-order valence-corrected chi connectivity index (χ3v) is 4.86. The Morgan fingerprint density at radius 3 is 2.23 bits per heavy atom. The van der Waals surface area contributed by atoms with E-state index in [1.807, 2.05) is 0 Å². The second kappa shape index (κ2) is 6.30. The maximum absolute atomic E-state index is 13.2. The lowest BCUT2D eigenvalue weighted by molar-refractivity contribution is -0.227. The van der Waals surface area contributed by atoms with Crippen LogP contribution in [0.3, 0.4) is 0 Å². The van der Waals surface area contributed by atoms with Gasteiger partial charge in [0.25, 0.3) is 5.91 Å². The Labute approximate surface area is 147 Å². The highest BCUT2D eigenvalue weighted by molar-refractivity contribution is 5.97. The molecule has 26 heavy (non-hydrogen) atoms. The molecular formula is C17H17F3N2O4. The van der Waals surface area contributed by atoms with Crippen LogP contribution in [-0.2, 0) is 9.59 Å². The Morgan fingerprint density at radius 2 is 1.77 bits per heavy atom. The number of likely N-dealkylation sites (tertiary alicyclic amines) is 1. The van der Waals surface area contributed by atoms with Crippen molar-refractivity contribution in [1.82, 2.24) is 4.90 Å². The largest absolute Gasteiger partial charge is 0.481 e. The molecule has 6 nitrogen and oxygen atoms in total. The standard InChI is InChI=1S/C17H17F3N2O4/c18-17(19,20)16(15(25)26)7-8-22(9-16)14(24)11-3-5-12(6-4-11)21-13(23)10-1-2-10/h3-6,10H,1-2,7-9H2,(H,21,23)(H,25,26). The second-order valence-corrected chi connectivity index (χ2v) is 6.70. The zero-order chi connectivity index (χ0) is 19.1. The summed E-state index contributed by atoms with van der Waals surface area (Å²) >= 11 is 0. The van der Waals surface area contributed by atoms with Crippen molar-refractivity contribution in [2.75, 3.05) is 18.4 Å². The number of carbonyl (C=O) groups is 3. The van der Waals surface area contributed by atoms with Crippen LogP contribution < -0.4 is 5.32 Å². The van der Waals surface area contributed by atoms with Gasteiger partial charge < -0.3 is 15.3 Å². The molecule has 1 saturated heterocycles. The van der Waals surface area contributed by atoms with Gasteiger partial charge in [-0.2, -0.15) is 13.2 Å². The van der Waals surface area contributed by atoms with Crippen LogP contribution in [0.4, 0.5) is 18.9 Å². The average Bonchev–Trinajstić information content (AvgIpc) is 3.31. The van der Waals surface area contributed by atoms with E-state index >= 15 is 0 Å². The summed E-state index contributed by atoms with van der Waals surface area (Å²) in [4.78, 5) is 36.2. The van der Waals surface area contributed by atoms with E-state index in [4.69, 9.17) is 5.11 Å². The fourth-order valence-corrected chi connectivity index (χ4v) is 2.98. The molecule has 0 bridgehead atoms. The van der Waals surface area contributed by atoms with Gasteiger partial charge in [-0.05, 0) is 43.5 Å². The normalized spacial score (nSPS) is 23.0. The van der Waals surface area contributed by atoms with Crippen LogP contribution in [0.25, 0.3) is 0 Å². The Hall–Kier alpha value is -2.58. The average molecular weight is 370 g/mol. The summed E-state index contributed by atoms with van der Waals surface area (Å²) in [5.74, 6) is -2.72. The minimum Gasteiger partial charge on any atom is -0.481 e. The first-order valence-electron chi connectivity index (χ1n) is 8.14. The van der Waals surface area contributed by atoms with E-state index in [9.17, 15) is 27.6 Å². The van der Waals surface area contributed by atoms with Gasteiger partial charge in [0.1, 0.15) is 0 Å².